The molecule has 0 saturated carbocycles. The summed E-state index contributed by atoms with van der Waals surface area (Å²) < 4.78 is 35.5. The van der Waals surface area contributed by atoms with Crippen LogP contribution < -0.4 is 15.0 Å². The molecule has 1 aliphatic heterocycles. The zero-order chi connectivity index (χ0) is 31.5. The van der Waals surface area contributed by atoms with Gasteiger partial charge in [0.1, 0.15) is 11.6 Å². The van der Waals surface area contributed by atoms with Crippen LogP contribution in [0.15, 0.2) is 36.4 Å². The summed E-state index contributed by atoms with van der Waals surface area (Å²) in [6.07, 6.45) is -2.18. The van der Waals surface area contributed by atoms with Crippen LogP contribution in [-0.2, 0) is 20.8 Å². The van der Waals surface area contributed by atoms with Gasteiger partial charge in [-0.3, -0.25) is 9.69 Å². The van der Waals surface area contributed by atoms with Crippen LogP contribution in [-0.4, -0.2) is 75.2 Å². The molecule has 0 bridgehead atoms. The summed E-state index contributed by atoms with van der Waals surface area (Å²) in [6.45, 7) is 12.2. The summed E-state index contributed by atoms with van der Waals surface area (Å²) in [5.41, 5.74) is 1.08. The van der Waals surface area contributed by atoms with Crippen molar-refractivity contribution >= 4 is 35.4 Å². The molecule has 2 aromatic carbocycles. The molecule has 12 heteroatoms. The lowest BCUT2D eigenvalue weighted by Crippen LogP contribution is -2.47. The van der Waals surface area contributed by atoms with Crippen LogP contribution in [0.4, 0.5) is 19.7 Å². The van der Waals surface area contributed by atoms with Crippen LogP contribution in [0.3, 0.4) is 0 Å². The van der Waals surface area contributed by atoms with Gasteiger partial charge in [-0.25, -0.2) is 14.0 Å². The second-order valence-corrected chi connectivity index (χ2v) is 11.5. The maximum atomic E-state index is 13.3. The lowest BCUT2D eigenvalue weighted by Gasteiger charge is -2.33. The van der Waals surface area contributed by atoms with E-state index < -0.39 is 18.1 Å². The summed E-state index contributed by atoms with van der Waals surface area (Å²) >= 11 is 6.56. The molecule has 1 atom stereocenters. The van der Waals surface area contributed by atoms with Crippen LogP contribution in [0.5, 0.6) is 5.75 Å². The topological polar surface area (TPSA) is 107 Å². The predicted octanol–water partition coefficient (Wildman–Crippen LogP) is 5.90. The van der Waals surface area contributed by atoms with Gasteiger partial charge >= 0.3 is 12.2 Å². The molecule has 0 spiro atoms. The zero-order valence-corrected chi connectivity index (χ0v) is 26.1. The van der Waals surface area contributed by atoms with Crippen molar-refractivity contribution in [1.29, 1.82) is 0 Å². The third-order valence-corrected chi connectivity index (χ3v) is 6.62. The fraction of sp³-hybridized carbons (Fsp3) is 0.516. The molecular formula is C31H41ClFN3O7. The van der Waals surface area contributed by atoms with E-state index in [1.54, 1.807) is 19.1 Å². The van der Waals surface area contributed by atoms with Gasteiger partial charge in [0.15, 0.2) is 0 Å². The smallest absolute Gasteiger partial charge is 0.424 e. The van der Waals surface area contributed by atoms with Gasteiger partial charge in [-0.15, -0.1) is 0 Å². The number of imide groups is 1. The van der Waals surface area contributed by atoms with Gasteiger partial charge in [0.2, 0.25) is 0 Å². The minimum atomic E-state index is -0.955. The van der Waals surface area contributed by atoms with Crippen molar-refractivity contribution in [3.05, 3.63) is 58.4 Å². The zero-order valence-electron chi connectivity index (χ0n) is 25.4. The van der Waals surface area contributed by atoms with E-state index in [1.807, 2.05) is 27.7 Å². The van der Waals surface area contributed by atoms with E-state index in [2.05, 4.69) is 10.2 Å². The van der Waals surface area contributed by atoms with Crippen molar-refractivity contribution in [3.63, 3.8) is 0 Å². The number of morpholine rings is 1. The Bertz CT molecular complexity index is 1220. The minimum absolute atomic E-state index is 0.0288. The number of hydrogen-bond acceptors (Lipinski definition) is 8. The van der Waals surface area contributed by atoms with E-state index in [0.717, 1.165) is 5.56 Å². The maximum absolute atomic E-state index is 13.3. The maximum Gasteiger partial charge on any atom is 0.424 e. The molecule has 3 amide bonds. The normalized spacial score (nSPS) is 15.3. The largest absolute Gasteiger partial charge is 0.493 e. The third-order valence-electron chi connectivity index (χ3n) is 6.31. The van der Waals surface area contributed by atoms with Gasteiger partial charge < -0.3 is 24.3 Å². The molecule has 1 unspecified atom stereocenters. The number of halogens is 2. The first-order valence-electron chi connectivity index (χ1n) is 14.4. The van der Waals surface area contributed by atoms with Crippen molar-refractivity contribution in [1.82, 2.24) is 10.2 Å². The number of carbonyl (C=O) groups excluding carboxylic acids is 3. The minimum Gasteiger partial charge on any atom is -0.493 e. The highest BCUT2D eigenvalue weighted by atomic mass is 35.5. The Hall–Kier alpha value is -3.41. The lowest BCUT2D eigenvalue weighted by atomic mass is 10.1. The van der Waals surface area contributed by atoms with Crippen LogP contribution in [0.25, 0.3) is 0 Å². The van der Waals surface area contributed by atoms with Crippen LogP contribution >= 0.6 is 11.6 Å². The summed E-state index contributed by atoms with van der Waals surface area (Å²) in [7, 11) is 0. The van der Waals surface area contributed by atoms with E-state index in [9.17, 15) is 18.8 Å². The first kappa shape index (κ1) is 34.1. The average molecular weight is 622 g/mol. The Labute approximate surface area is 257 Å². The number of anilines is 1. The number of ether oxygens (including phenoxy) is 4. The predicted molar refractivity (Wildman–Crippen MR) is 161 cm³/mol. The molecule has 3 rings (SSSR count). The first-order valence-corrected chi connectivity index (χ1v) is 14.8. The summed E-state index contributed by atoms with van der Waals surface area (Å²) in [6, 6.07) is 9.07. The monoisotopic (exact) mass is 621 g/mol. The Balaban J connectivity index is 1.75. The fourth-order valence-corrected chi connectivity index (χ4v) is 4.49. The van der Waals surface area contributed by atoms with Crippen LogP contribution in [0, 0.1) is 17.7 Å². The molecule has 0 aliphatic carbocycles. The molecule has 0 radical (unpaired) electrons. The molecule has 236 valence electrons. The van der Waals surface area contributed by atoms with E-state index in [4.69, 9.17) is 30.5 Å². The highest BCUT2D eigenvalue weighted by molar-refractivity contribution is 6.35. The summed E-state index contributed by atoms with van der Waals surface area (Å²) in [5, 5.41) is 2.83. The Kier molecular flexibility index (Phi) is 13.0. The van der Waals surface area contributed by atoms with Crippen LogP contribution in [0.2, 0.25) is 5.02 Å². The molecule has 0 aromatic heterocycles. The van der Waals surface area contributed by atoms with E-state index >= 15 is 0 Å². The van der Waals surface area contributed by atoms with Crippen molar-refractivity contribution in [2.75, 3.05) is 51.0 Å². The Morgan fingerprint density at radius 3 is 2.28 bits per heavy atom. The molecule has 1 N–H and O–H groups in total. The lowest BCUT2D eigenvalue weighted by molar-refractivity contribution is -0.0292. The van der Waals surface area contributed by atoms with Gasteiger partial charge in [-0.05, 0) is 42.5 Å². The fourth-order valence-electron chi connectivity index (χ4n) is 4.24. The van der Waals surface area contributed by atoms with E-state index in [-0.39, 0.29) is 72.1 Å². The number of amides is 3. The number of hydrogen-bond donors (Lipinski definition) is 1. The van der Waals surface area contributed by atoms with E-state index in [1.165, 1.54) is 24.3 Å². The van der Waals surface area contributed by atoms with Gasteiger partial charge in [0, 0.05) is 32.2 Å². The number of nitrogens with zero attached hydrogens (tertiary/aromatic N) is 2. The SMILES string of the molecule is CCOc1cc(N(C(=O)OCC(C)C)C(=O)OCC(C)C)c(Cl)cc1C(=O)NCC1CN(Cc2ccc(F)cc2)CCO1. The highest BCUT2D eigenvalue weighted by Gasteiger charge is 2.31. The second-order valence-electron chi connectivity index (χ2n) is 11.1. The first-order chi connectivity index (χ1) is 20.5. The van der Waals surface area contributed by atoms with Gasteiger partial charge in [-0.1, -0.05) is 51.4 Å². The molecular weight excluding hydrogens is 581 g/mol. The second kappa shape index (κ2) is 16.4. The average Bonchev–Trinajstić information content (AvgIpc) is 2.96. The molecule has 10 nitrogen and oxygen atoms in total. The molecule has 1 saturated heterocycles. The van der Waals surface area contributed by atoms with Crippen molar-refractivity contribution in [2.24, 2.45) is 11.8 Å². The van der Waals surface area contributed by atoms with Gasteiger partial charge in [0.05, 0.1) is 48.8 Å². The number of nitrogens with one attached hydrogen (secondary N) is 1. The molecule has 1 fully saturated rings. The number of carbonyl (C=O) groups is 3. The van der Waals surface area contributed by atoms with Crippen molar-refractivity contribution in [3.8, 4) is 5.75 Å². The standard InChI is InChI=1S/C31H41ClFN3O7/c1-6-40-28-14-27(36(30(38)42-18-20(2)3)31(39)43-19-21(4)5)26(32)13-25(28)29(37)34-15-24-17-35(11-12-41-24)16-22-7-9-23(33)10-8-22/h7-10,13-14,20-21,24H,6,11-12,15-19H2,1-5H3,(H,34,37). The third kappa shape index (κ3) is 10.4. The summed E-state index contributed by atoms with van der Waals surface area (Å²) in [5.74, 6) is -0.564. The van der Waals surface area contributed by atoms with Gasteiger partial charge in [0.25, 0.3) is 5.91 Å². The highest BCUT2D eigenvalue weighted by Crippen LogP contribution is 2.35. The molecule has 43 heavy (non-hydrogen) atoms. The van der Waals surface area contributed by atoms with Crippen molar-refractivity contribution < 1.29 is 37.7 Å². The van der Waals surface area contributed by atoms with E-state index in [0.29, 0.717) is 31.1 Å². The molecule has 1 aliphatic rings. The molecule has 1 heterocycles. The van der Waals surface area contributed by atoms with Crippen LogP contribution in [0.1, 0.15) is 50.5 Å². The number of rotatable bonds is 12. The molecule has 2 aromatic rings. The summed E-state index contributed by atoms with van der Waals surface area (Å²) in [4.78, 5) is 42.2. The Morgan fingerprint density at radius 1 is 1.07 bits per heavy atom. The Morgan fingerprint density at radius 2 is 1.70 bits per heavy atom. The van der Waals surface area contributed by atoms with Gasteiger partial charge in [-0.2, -0.15) is 4.90 Å². The van der Waals surface area contributed by atoms with Crippen molar-refractivity contribution in [2.45, 2.75) is 47.3 Å². The quantitative estimate of drug-likeness (QED) is 0.312. The number of benzene rings is 2.